The molecule has 274 valence electrons. The van der Waals surface area contributed by atoms with Crippen LogP contribution in [0.15, 0.2) is 12.2 Å². The van der Waals surface area contributed by atoms with E-state index in [4.69, 9.17) is 0 Å². The molecule has 6 rings (SSSR count). The molecule has 0 radical (unpaired) electrons. The lowest BCUT2D eigenvalue weighted by atomic mass is 9.32. The third-order valence-electron chi connectivity index (χ3n) is 16.2. The van der Waals surface area contributed by atoms with Gasteiger partial charge in [0.2, 0.25) is 11.8 Å². The number of aliphatic hydroxyl groups is 1. The molecule has 5 aliphatic carbocycles. The van der Waals surface area contributed by atoms with Crippen molar-refractivity contribution in [2.24, 2.45) is 56.7 Å². The molecule has 5 fully saturated rings. The molecule has 0 saturated heterocycles. The summed E-state index contributed by atoms with van der Waals surface area (Å²) in [6.45, 7) is 20.3. The summed E-state index contributed by atoms with van der Waals surface area (Å²) in [6.07, 6.45) is 16.5. The van der Waals surface area contributed by atoms with Crippen LogP contribution in [-0.4, -0.2) is 50.2 Å². The minimum Gasteiger partial charge on any atom is -0.393 e. The van der Waals surface area contributed by atoms with Crippen LogP contribution in [0, 0.1) is 56.7 Å². The average molecular weight is 679 g/mol. The van der Waals surface area contributed by atoms with Crippen LogP contribution in [0.4, 0.5) is 0 Å². The zero-order valence-corrected chi connectivity index (χ0v) is 31.5. The highest BCUT2D eigenvalue weighted by Crippen LogP contribution is 2.77. The number of nitrogens with zero attached hydrogens (tertiary/aromatic N) is 3. The largest absolute Gasteiger partial charge is 0.393 e. The molecule has 0 spiro atoms. The number of carbonyl (C=O) groups excluding carboxylic acids is 2. The van der Waals surface area contributed by atoms with Gasteiger partial charge in [0.15, 0.2) is 5.82 Å². The topological polar surface area (TPSA) is 133 Å². The lowest BCUT2D eigenvalue weighted by Gasteiger charge is -2.72. The lowest BCUT2D eigenvalue weighted by molar-refractivity contribution is -0.246. The molecule has 1 aromatic heterocycles. The smallest absolute Gasteiger partial charge is 0.226 e. The number of amides is 2. The van der Waals surface area contributed by atoms with Crippen molar-refractivity contribution in [2.75, 3.05) is 6.54 Å². The monoisotopic (exact) mass is 679 g/mol. The maximum absolute atomic E-state index is 14.4. The van der Waals surface area contributed by atoms with Crippen LogP contribution < -0.4 is 10.6 Å². The van der Waals surface area contributed by atoms with Crippen molar-refractivity contribution in [3.63, 3.8) is 0 Å². The van der Waals surface area contributed by atoms with E-state index in [0.29, 0.717) is 54.3 Å². The predicted octanol–water partition coefficient (Wildman–Crippen LogP) is 7.29. The highest BCUT2D eigenvalue weighted by molar-refractivity contribution is 5.84. The Labute approximate surface area is 295 Å². The average Bonchev–Trinajstić information content (AvgIpc) is 3.72. The Kier molecular flexibility index (Phi) is 10.2. The minimum atomic E-state index is -0.274. The minimum absolute atomic E-state index is 0.0150. The fraction of sp³-hybridized carbons (Fsp3) is 0.875. The van der Waals surface area contributed by atoms with Gasteiger partial charge >= 0.3 is 0 Å². The number of hydrogen-bond acceptors (Lipinski definition) is 6. The SMILES string of the molecule is C=C(C)[C@@H]1CC[C@]2(C(=O)NCCCCCCCC(=O)NCc3nn[nH]n3)CC[C@]3(C)[C@H](CC[C@@H]4[C@@]5(C)CC[C@H](O)C(C)(C)[C@@H]5CC[C@]43C)[C@@H]12. The number of carbonyl (C=O) groups is 2. The Hall–Kier alpha value is -2.29. The number of aliphatic hydroxyl groups excluding tert-OH is 1. The van der Waals surface area contributed by atoms with E-state index in [1.165, 1.54) is 31.3 Å². The van der Waals surface area contributed by atoms with Gasteiger partial charge in [-0.05, 0) is 135 Å². The molecule has 1 heterocycles. The summed E-state index contributed by atoms with van der Waals surface area (Å²) >= 11 is 0. The molecular weight excluding hydrogens is 612 g/mol. The van der Waals surface area contributed by atoms with Crippen molar-refractivity contribution in [3.8, 4) is 0 Å². The Bertz CT molecular complexity index is 1360. The van der Waals surface area contributed by atoms with Crippen molar-refractivity contribution < 1.29 is 14.7 Å². The fourth-order valence-electron chi connectivity index (χ4n) is 13.4. The van der Waals surface area contributed by atoms with E-state index in [9.17, 15) is 14.7 Å². The fourth-order valence-corrected chi connectivity index (χ4v) is 13.4. The van der Waals surface area contributed by atoms with E-state index in [0.717, 1.165) is 77.2 Å². The first-order valence-electron chi connectivity index (χ1n) is 19.8. The third-order valence-corrected chi connectivity index (χ3v) is 16.2. The quantitative estimate of drug-likeness (QED) is 0.136. The highest BCUT2D eigenvalue weighted by Gasteiger charge is 2.71. The molecule has 9 heteroatoms. The number of fused-ring (bicyclic) bond motifs is 7. The van der Waals surface area contributed by atoms with E-state index in [1.807, 2.05) is 0 Å². The van der Waals surface area contributed by atoms with E-state index in [1.54, 1.807) is 0 Å². The first-order chi connectivity index (χ1) is 23.2. The maximum Gasteiger partial charge on any atom is 0.226 e. The molecule has 9 nitrogen and oxygen atoms in total. The molecule has 4 N–H and O–H groups in total. The second-order valence-electron chi connectivity index (χ2n) is 18.6. The number of unbranched alkanes of at least 4 members (excludes halogenated alkanes) is 4. The van der Waals surface area contributed by atoms with E-state index >= 15 is 0 Å². The van der Waals surface area contributed by atoms with Gasteiger partial charge in [-0.2, -0.15) is 5.21 Å². The number of nitrogens with one attached hydrogen (secondary N) is 3. The Morgan fingerprint density at radius 1 is 0.857 bits per heavy atom. The van der Waals surface area contributed by atoms with Crippen molar-refractivity contribution in [3.05, 3.63) is 18.0 Å². The van der Waals surface area contributed by atoms with Gasteiger partial charge in [0, 0.05) is 13.0 Å². The lowest BCUT2D eigenvalue weighted by Crippen LogP contribution is -2.67. The molecule has 10 atom stereocenters. The molecule has 0 unspecified atom stereocenters. The molecule has 5 saturated carbocycles. The van der Waals surface area contributed by atoms with Crippen LogP contribution in [0.25, 0.3) is 0 Å². The molecular formula is C40H66N6O3. The van der Waals surface area contributed by atoms with Gasteiger partial charge in [0.25, 0.3) is 0 Å². The van der Waals surface area contributed by atoms with Crippen LogP contribution in [0.2, 0.25) is 0 Å². The van der Waals surface area contributed by atoms with Crippen LogP contribution in [0.5, 0.6) is 0 Å². The van der Waals surface area contributed by atoms with Crippen LogP contribution in [-0.2, 0) is 16.1 Å². The van der Waals surface area contributed by atoms with E-state index in [-0.39, 0.29) is 39.1 Å². The second kappa shape index (κ2) is 13.7. The number of H-pyrrole nitrogens is 1. The number of tetrazole rings is 1. The summed E-state index contributed by atoms with van der Waals surface area (Å²) in [6, 6.07) is 0. The number of rotatable bonds is 12. The highest BCUT2D eigenvalue weighted by atomic mass is 16.3. The van der Waals surface area contributed by atoms with Crippen LogP contribution in [0.3, 0.4) is 0 Å². The molecule has 0 aromatic carbocycles. The predicted molar refractivity (Wildman–Crippen MR) is 192 cm³/mol. The van der Waals surface area contributed by atoms with Crippen molar-refractivity contribution >= 4 is 11.8 Å². The van der Waals surface area contributed by atoms with Crippen LogP contribution in [0.1, 0.15) is 150 Å². The second-order valence-corrected chi connectivity index (χ2v) is 18.6. The van der Waals surface area contributed by atoms with Crippen molar-refractivity contribution in [2.45, 2.75) is 157 Å². The van der Waals surface area contributed by atoms with Crippen molar-refractivity contribution in [1.82, 2.24) is 31.3 Å². The molecule has 0 bridgehead atoms. The summed E-state index contributed by atoms with van der Waals surface area (Å²) in [4.78, 5) is 26.5. The third kappa shape index (κ3) is 6.09. The van der Waals surface area contributed by atoms with Gasteiger partial charge in [-0.25, -0.2) is 0 Å². The summed E-state index contributed by atoms with van der Waals surface area (Å²) in [5, 5.41) is 31.0. The number of hydrogen-bond donors (Lipinski definition) is 4. The normalized spacial score (nSPS) is 40.7. The molecule has 49 heavy (non-hydrogen) atoms. The maximum atomic E-state index is 14.4. The van der Waals surface area contributed by atoms with E-state index < -0.39 is 0 Å². The molecule has 1 aromatic rings. The van der Waals surface area contributed by atoms with Gasteiger partial charge < -0.3 is 15.7 Å². The number of aromatic amines is 1. The Balaban J connectivity index is 1.06. The van der Waals surface area contributed by atoms with Gasteiger partial charge in [-0.1, -0.05) is 71.2 Å². The zero-order chi connectivity index (χ0) is 35.2. The van der Waals surface area contributed by atoms with Gasteiger partial charge in [0.1, 0.15) is 0 Å². The summed E-state index contributed by atoms with van der Waals surface area (Å²) in [5.41, 5.74) is 1.69. The van der Waals surface area contributed by atoms with Crippen LogP contribution >= 0.6 is 0 Å². The standard InChI is InChI=1S/C40H66N6O3/c1-26(2)27-16-21-40(35(49)41-24-12-10-8-9-11-13-33(48)42-25-32-43-45-46-44-32)23-22-38(6)28(34(27)40)14-15-30-37(5)19-18-31(47)36(3,4)29(37)17-20-39(30,38)7/h27-31,34,47H,1,8-25H2,2-7H3,(H,41,49)(H,42,48)(H,43,44,45,46)/t27-,28+,29-,30+,31-,34+,37-,38+,39+,40-/m0/s1. The van der Waals surface area contributed by atoms with Crippen molar-refractivity contribution in [1.29, 1.82) is 0 Å². The first-order valence-corrected chi connectivity index (χ1v) is 19.8. The molecule has 0 aliphatic heterocycles. The van der Waals surface area contributed by atoms with E-state index in [2.05, 4.69) is 79.4 Å². The Morgan fingerprint density at radius 3 is 2.35 bits per heavy atom. The first kappa shape index (κ1) is 36.5. The molecule has 5 aliphatic rings. The molecule has 2 amide bonds. The summed E-state index contributed by atoms with van der Waals surface area (Å²) in [7, 11) is 0. The number of aromatic nitrogens is 4. The van der Waals surface area contributed by atoms with Gasteiger partial charge in [-0.15, -0.1) is 10.2 Å². The van der Waals surface area contributed by atoms with Gasteiger partial charge in [0.05, 0.1) is 18.1 Å². The summed E-state index contributed by atoms with van der Waals surface area (Å²) in [5.74, 6) is 3.40. The number of allylic oxidation sites excluding steroid dienone is 1. The summed E-state index contributed by atoms with van der Waals surface area (Å²) < 4.78 is 0. The zero-order valence-electron chi connectivity index (χ0n) is 31.5. The Morgan fingerprint density at radius 2 is 1.61 bits per heavy atom. The van der Waals surface area contributed by atoms with Gasteiger partial charge in [-0.3, -0.25) is 9.59 Å².